The van der Waals surface area contributed by atoms with Crippen LogP contribution in [0.5, 0.6) is 0 Å². The van der Waals surface area contributed by atoms with Crippen molar-refractivity contribution in [2.45, 2.75) is 48.6 Å². The summed E-state index contributed by atoms with van der Waals surface area (Å²) in [7, 11) is -1.49. The summed E-state index contributed by atoms with van der Waals surface area (Å²) in [5, 5.41) is 18.5. The van der Waals surface area contributed by atoms with Gasteiger partial charge in [-0.15, -0.1) is 0 Å². The average Bonchev–Trinajstić information content (AvgIpc) is 3.25. The fourth-order valence-electron chi connectivity index (χ4n) is 6.36. The van der Waals surface area contributed by atoms with E-state index in [4.69, 9.17) is 5.10 Å². The Labute approximate surface area is 237 Å². The van der Waals surface area contributed by atoms with Gasteiger partial charge in [-0.3, -0.25) is 34.6 Å². The van der Waals surface area contributed by atoms with Gasteiger partial charge in [-0.1, -0.05) is 24.3 Å². The first-order valence-electron chi connectivity index (χ1n) is 13.8. The topological polar surface area (TPSA) is 148 Å². The molecule has 2 aromatic carbocycles. The number of imide groups is 1. The third-order valence-electron chi connectivity index (χ3n) is 8.66. The SMILES string of the molecule is Cn1nc(C2CCC(=O)NC2=O)c2cccc(N3CC(N4CCC(S(=O)(=O)Cc5ccc([N+](=O)[O-])cc5)CC4)C3)c21. The summed E-state index contributed by atoms with van der Waals surface area (Å²) in [6.45, 7) is 3.05. The molecule has 3 aliphatic heterocycles. The van der Waals surface area contributed by atoms with Crippen molar-refractivity contribution >= 4 is 43.9 Å². The van der Waals surface area contributed by atoms with Crippen molar-refractivity contribution in [1.29, 1.82) is 0 Å². The minimum Gasteiger partial charge on any atom is -0.367 e. The number of rotatable bonds is 7. The molecule has 13 heteroatoms. The van der Waals surface area contributed by atoms with Crippen LogP contribution >= 0.6 is 0 Å². The number of benzene rings is 2. The molecule has 41 heavy (non-hydrogen) atoms. The average molecular weight is 581 g/mol. The first-order valence-corrected chi connectivity index (χ1v) is 15.6. The molecule has 12 nitrogen and oxygen atoms in total. The van der Waals surface area contributed by atoms with Gasteiger partial charge in [-0.25, -0.2) is 8.42 Å². The van der Waals surface area contributed by atoms with Gasteiger partial charge < -0.3 is 4.90 Å². The number of non-ortho nitro benzene ring substituents is 1. The van der Waals surface area contributed by atoms with Crippen molar-refractivity contribution in [2.24, 2.45) is 7.05 Å². The minimum absolute atomic E-state index is 0.0524. The largest absolute Gasteiger partial charge is 0.367 e. The van der Waals surface area contributed by atoms with Crippen LogP contribution in [0.1, 0.15) is 42.9 Å². The maximum atomic E-state index is 13.1. The summed E-state index contributed by atoms with van der Waals surface area (Å²) in [6, 6.07) is 12.1. The van der Waals surface area contributed by atoms with Crippen molar-refractivity contribution in [3.8, 4) is 0 Å². The quantitative estimate of drug-likeness (QED) is 0.252. The van der Waals surface area contributed by atoms with Crippen LogP contribution < -0.4 is 10.2 Å². The third kappa shape index (κ3) is 5.19. The Balaban J connectivity index is 1.07. The van der Waals surface area contributed by atoms with Crippen LogP contribution in [0.15, 0.2) is 42.5 Å². The standard InChI is InChI=1S/C28H32N6O6S/c1-31-27-22(26(30-31)23-9-10-25(35)29-28(23)36)3-2-4-24(27)33-15-20(16-33)32-13-11-21(12-14-32)41(39,40)17-18-5-7-19(8-6-18)34(37)38/h2-8,20-21,23H,9-17H2,1H3,(H,29,35,36). The molecule has 0 radical (unpaired) electrons. The van der Waals surface area contributed by atoms with Gasteiger partial charge >= 0.3 is 0 Å². The van der Waals surface area contributed by atoms with Gasteiger partial charge in [0.15, 0.2) is 9.84 Å². The summed E-state index contributed by atoms with van der Waals surface area (Å²) < 4.78 is 28.0. The number of amides is 2. The molecule has 0 aliphatic carbocycles. The van der Waals surface area contributed by atoms with E-state index in [1.54, 1.807) is 0 Å². The highest BCUT2D eigenvalue weighted by Gasteiger charge is 2.38. The molecular weight excluding hydrogens is 548 g/mol. The van der Waals surface area contributed by atoms with Crippen molar-refractivity contribution < 1.29 is 22.9 Å². The van der Waals surface area contributed by atoms with E-state index >= 15 is 0 Å². The smallest absolute Gasteiger partial charge is 0.269 e. The number of aryl methyl sites for hydroxylation is 1. The lowest BCUT2D eigenvalue weighted by Crippen LogP contribution is -2.61. The first kappa shape index (κ1) is 27.3. The van der Waals surface area contributed by atoms with Gasteiger partial charge in [0.1, 0.15) is 0 Å². The lowest BCUT2D eigenvalue weighted by atomic mass is 9.92. The number of hydrogen-bond acceptors (Lipinski definition) is 9. The van der Waals surface area contributed by atoms with Crippen LogP contribution in [0.2, 0.25) is 0 Å². The van der Waals surface area contributed by atoms with E-state index < -0.39 is 25.9 Å². The molecule has 2 amide bonds. The molecule has 1 atom stereocenters. The Morgan fingerprint density at radius 3 is 2.41 bits per heavy atom. The molecule has 216 valence electrons. The zero-order chi connectivity index (χ0) is 28.9. The summed E-state index contributed by atoms with van der Waals surface area (Å²) >= 11 is 0. The molecule has 0 spiro atoms. The second-order valence-electron chi connectivity index (χ2n) is 11.2. The molecule has 1 unspecified atom stereocenters. The Bertz CT molecular complexity index is 1620. The summed E-state index contributed by atoms with van der Waals surface area (Å²) in [5.41, 5.74) is 3.22. The van der Waals surface area contributed by atoms with Gasteiger partial charge in [0.05, 0.1) is 38.7 Å². The molecule has 3 fully saturated rings. The van der Waals surface area contributed by atoms with E-state index in [-0.39, 0.29) is 23.3 Å². The number of carbonyl (C=O) groups excluding carboxylic acids is 2. The number of piperidine rings is 2. The maximum absolute atomic E-state index is 13.1. The predicted octanol–water partition coefficient (Wildman–Crippen LogP) is 2.27. The van der Waals surface area contributed by atoms with Crippen LogP contribution in [-0.2, 0) is 32.2 Å². The van der Waals surface area contributed by atoms with Crippen molar-refractivity contribution in [1.82, 2.24) is 20.0 Å². The molecule has 4 heterocycles. The van der Waals surface area contributed by atoms with Gasteiger partial charge in [-0.2, -0.15) is 5.10 Å². The number of nitrogens with one attached hydrogen (secondary N) is 1. The predicted molar refractivity (Wildman–Crippen MR) is 152 cm³/mol. The van der Waals surface area contributed by atoms with E-state index in [9.17, 15) is 28.1 Å². The van der Waals surface area contributed by atoms with Gasteiger partial charge in [0.2, 0.25) is 11.8 Å². The number of likely N-dealkylation sites (tertiary alicyclic amines) is 1. The fourth-order valence-corrected chi connectivity index (χ4v) is 8.18. The van der Waals surface area contributed by atoms with Crippen LogP contribution in [0.4, 0.5) is 11.4 Å². The molecule has 1 aromatic heterocycles. The number of hydrogen-bond donors (Lipinski definition) is 1. The molecule has 6 rings (SSSR count). The molecule has 3 saturated heterocycles. The highest BCUT2D eigenvalue weighted by atomic mass is 32.2. The van der Waals surface area contributed by atoms with Crippen LogP contribution in [0.3, 0.4) is 0 Å². The Morgan fingerprint density at radius 1 is 1.05 bits per heavy atom. The number of carbonyl (C=O) groups is 2. The Kier molecular flexibility index (Phi) is 7.02. The molecular formula is C28H32N6O6S. The van der Waals surface area contributed by atoms with Crippen molar-refractivity contribution in [2.75, 3.05) is 31.1 Å². The highest BCUT2D eigenvalue weighted by Crippen LogP contribution is 2.37. The highest BCUT2D eigenvalue weighted by molar-refractivity contribution is 7.91. The van der Waals surface area contributed by atoms with Crippen molar-refractivity contribution in [3.05, 3.63) is 63.8 Å². The Hall–Kier alpha value is -3.84. The number of sulfone groups is 1. The lowest BCUT2D eigenvalue weighted by Gasteiger charge is -2.48. The number of fused-ring (bicyclic) bond motifs is 1. The lowest BCUT2D eigenvalue weighted by molar-refractivity contribution is -0.384. The number of nitro groups is 1. The Morgan fingerprint density at radius 2 is 1.76 bits per heavy atom. The van der Waals surface area contributed by atoms with E-state index in [2.05, 4.69) is 21.2 Å². The van der Waals surface area contributed by atoms with E-state index in [0.717, 1.165) is 29.7 Å². The van der Waals surface area contributed by atoms with E-state index in [0.29, 0.717) is 56.1 Å². The molecule has 0 bridgehead atoms. The summed E-state index contributed by atoms with van der Waals surface area (Å²) in [5.74, 6) is -1.10. The number of nitrogens with zero attached hydrogens (tertiary/aromatic N) is 5. The fraction of sp³-hybridized carbons (Fsp3) is 0.464. The van der Waals surface area contributed by atoms with Gasteiger partial charge in [0.25, 0.3) is 5.69 Å². The normalized spacial score (nSPS) is 21.2. The maximum Gasteiger partial charge on any atom is 0.269 e. The van der Waals surface area contributed by atoms with E-state index in [1.807, 2.05) is 23.9 Å². The second-order valence-corrected chi connectivity index (χ2v) is 13.5. The van der Waals surface area contributed by atoms with Crippen LogP contribution in [0.25, 0.3) is 10.9 Å². The zero-order valence-electron chi connectivity index (χ0n) is 22.7. The number of para-hydroxylation sites is 1. The second kappa shape index (κ2) is 10.5. The first-order chi connectivity index (χ1) is 19.6. The summed E-state index contributed by atoms with van der Waals surface area (Å²) in [6.07, 6.45) is 1.89. The van der Waals surface area contributed by atoms with Crippen LogP contribution in [0, 0.1) is 10.1 Å². The zero-order valence-corrected chi connectivity index (χ0v) is 23.5. The molecule has 0 saturated carbocycles. The van der Waals surface area contributed by atoms with Gasteiger partial charge in [0, 0.05) is 50.1 Å². The number of aromatic nitrogens is 2. The van der Waals surface area contributed by atoms with Crippen molar-refractivity contribution in [3.63, 3.8) is 0 Å². The summed E-state index contributed by atoms with van der Waals surface area (Å²) in [4.78, 5) is 39.2. The molecule has 1 N–H and O–H groups in total. The number of anilines is 1. The van der Waals surface area contributed by atoms with E-state index in [1.165, 1.54) is 24.3 Å². The van der Waals surface area contributed by atoms with Gasteiger partial charge in [-0.05, 0) is 44.0 Å². The number of nitro benzene ring substituents is 1. The monoisotopic (exact) mass is 580 g/mol. The molecule has 3 aliphatic rings. The van der Waals surface area contributed by atoms with Crippen LogP contribution in [-0.4, -0.2) is 77.3 Å². The minimum atomic E-state index is -3.37. The third-order valence-corrected chi connectivity index (χ3v) is 10.9. The molecule has 3 aromatic rings.